The number of amides is 1. The Morgan fingerprint density at radius 1 is 1.21 bits per heavy atom. The summed E-state index contributed by atoms with van der Waals surface area (Å²) in [6.07, 6.45) is 0. The van der Waals surface area contributed by atoms with Gasteiger partial charge in [0.05, 0.1) is 0 Å². The summed E-state index contributed by atoms with van der Waals surface area (Å²) in [4.78, 5) is 11.0. The van der Waals surface area contributed by atoms with Crippen LogP contribution in [0.1, 0.15) is 33.3 Å². The molecule has 0 spiro atoms. The predicted molar refractivity (Wildman–Crippen MR) is 81.7 cm³/mol. The second kappa shape index (κ2) is 6.57. The van der Waals surface area contributed by atoms with Gasteiger partial charge in [-0.05, 0) is 51.5 Å². The number of benzene rings is 1. The van der Waals surface area contributed by atoms with Crippen LogP contribution in [0.5, 0.6) is 0 Å². The minimum Gasteiger partial charge on any atom is -0.384 e. The quantitative estimate of drug-likeness (QED) is 0.716. The van der Waals surface area contributed by atoms with Gasteiger partial charge in [0.1, 0.15) is 0 Å². The first-order valence-electron chi connectivity index (χ1n) is 6.65. The van der Waals surface area contributed by atoms with Crippen LogP contribution in [0.25, 0.3) is 0 Å². The zero-order valence-electron chi connectivity index (χ0n) is 12.6. The van der Waals surface area contributed by atoms with Crippen molar-refractivity contribution in [3.63, 3.8) is 0 Å². The molecule has 0 saturated heterocycles. The van der Waals surface area contributed by atoms with E-state index in [1.54, 1.807) is 0 Å². The molecule has 4 nitrogen and oxygen atoms in total. The smallest absolute Gasteiger partial charge is 0.221 e. The number of nitrogens with one attached hydrogen (secondary N) is 3. The summed E-state index contributed by atoms with van der Waals surface area (Å²) < 4.78 is 0. The van der Waals surface area contributed by atoms with Crippen molar-refractivity contribution < 1.29 is 4.79 Å². The number of aryl methyl sites for hydroxylation is 1. The Hall–Kier alpha value is -1.55. The Balaban J connectivity index is 2.48. The van der Waals surface area contributed by atoms with E-state index in [-0.39, 0.29) is 11.4 Å². The first-order chi connectivity index (χ1) is 8.78. The highest BCUT2D eigenvalue weighted by Gasteiger charge is 2.07. The maximum atomic E-state index is 11.0. The Kier molecular flexibility index (Phi) is 5.36. The van der Waals surface area contributed by atoms with E-state index in [1.165, 1.54) is 6.92 Å². The molecule has 4 heteroatoms. The monoisotopic (exact) mass is 263 g/mol. The lowest BCUT2D eigenvalue weighted by atomic mass is 10.1. The molecule has 1 aromatic rings. The van der Waals surface area contributed by atoms with Crippen LogP contribution >= 0.6 is 0 Å². The van der Waals surface area contributed by atoms with Gasteiger partial charge in [-0.2, -0.15) is 0 Å². The van der Waals surface area contributed by atoms with E-state index in [1.807, 2.05) is 25.1 Å². The SMILES string of the molecule is CC(=O)Nc1ccc(NCCNC(C)(C)C)cc1C. The Labute approximate surface area is 116 Å². The van der Waals surface area contributed by atoms with Gasteiger partial charge in [-0.1, -0.05) is 0 Å². The van der Waals surface area contributed by atoms with E-state index in [0.29, 0.717) is 0 Å². The molecule has 0 bridgehead atoms. The number of carbonyl (C=O) groups excluding carboxylic acids is 1. The summed E-state index contributed by atoms with van der Waals surface area (Å²) in [6, 6.07) is 5.95. The zero-order valence-corrected chi connectivity index (χ0v) is 12.6. The predicted octanol–water partition coefficient (Wildman–Crippen LogP) is 2.75. The Morgan fingerprint density at radius 3 is 2.42 bits per heavy atom. The van der Waals surface area contributed by atoms with Crippen molar-refractivity contribution in [2.45, 2.75) is 40.2 Å². The second-order valence-corrected chi connectivity index (χ2v) is 5.81. The summed E-state index contributed by atoms with van der Waals surface area (Å²) in [5.41, 5.74) is 3.14. The van der Waals surface area contributed by atoms with Gasteiger partial charge < -0.3 is 16.0 Å². The fourth-order valence-corrected chi connectivity index (χ4v) is 1.75. The molecule has 0 radical (unpaired) electrons. The third kappa shape index (κ3) is 6.25. The first-order valence-corrected chi connectivity index (χ1v) is 6.65. The van der Waals surface area contributed by atoms with Crippen molar-refractivity contribution in [3.8, 4) is 0 Å². The number of carbonyl (C=O) groups is 1. The second-order valence-electron chi connectivity index (χ2n) is 5.81. The van der Waals surface area contributed by atoms with E-state index in [9.17, 15) is 4.79 Å². The van der Waals surface area contributed by atoms with Gasteiger partial charge in [-0.3, -0.25) is 4.79 Å². The first kappa shape index (κ1) is 15.5. The van der Waals surface area contributed by atoms with Crippen LogP contribution < -0.4 is 16.0 Å². The van der Waals surface area contributed by atoms with Crippen LogP contribution in [-0.2, 0) is 4.79 Å². The molecular formula is C15H25N3O. The molecule has 3 N–H and O–H groups in total. The van der Waals surface area contributed by atoms with Gasteiger partial charge in [0, 0.05) is 36.9 Å². The van der Waals surface area contributed by atoms with Gasteiger partial charge in [0.2, 0.25) is 5.91 Å². The lowest BCUT2D eigenvalue weighted by molar-refractivity contribution is -0.114. The van der Waals surface area contributed by atoms with Crippen molar-refractivity contribution in [1.29, 1.82) is 0 Å². The van der Waals surface area contributed by atoms with Crippen LogP contribution in [0.2, 0.25) is 0 Å². The molecule has 106 valence electrons. The standard InChI is InChI=1S/C15H25N3O/c1-11-10-13(6-7-14(11)18-12(2)19)16-8-9-17-15(3,4)5/h6-7,10,16-17H,8-9H2,1-5H3,(H,18,19). The number of anilines is 2. The van der Waals surface area contributed by atoms with Crippen LogP contribution in [0.4, 0.5) is 11.4 Å². The fraction of sp³-hybridized carbons (Fsp3) is 0.533. The maximum Gasteiger partial charge on any atom is 0.221 e. The molecule has 19 heavy (non-hydrogen) atoms. The van der Waals surface area contributed by atoms with Crippen molar-refractivity contribution >= 4 is 17.3 Å². The van der Waals surface area contributed by atoms with Gasteiger partial charge in [-0.25, -0.2) is 0 Å². The summed E-state index contributed by atoms with van der Waals surface area (Å²) >= 11 is 0. The van der Waals surface area contributed by atoms with Gasteiger partial charge in [-0.15, -0.1) is 0 Å². The molecule has 1 aromatic carbocycles. The van der Waals surface area contributed by atoms with Gasteiger partial charge in [0.25, 0.3) is 0 Å². The number of rotatable bonds is 5. The van der Waals surface area contributed by atoms with Gasteiger partial charge in [0.15, 0.2) is 0 Å². The molecule has 0 fully saturated rings. The minimum absolute atomic E-state index is 0.0433. The van der Waals surface area contributed by atoms with E-state index < -0.39 is 0 Å². The van der Waals surface area contributed by atoms with E-state index in [4.69, 9.17) is 0 Å². The van der Waals surface area contributed by atoms with Gasteiger partial charge >= 0.3 is 0 Å². The highest BCUT2D eigenvalue weighted by atomic mass is 16.1. The molecule has 0 unspecified atom stereocenters. The van der Waals surface area contributed by atoms with Crippen LogP contribution in [0.3, 0.4) is 0 Å². The lowest BCUT2D eigenvalue weighted by Gasteiger charge is -2.20. The van der Waals surface area contributed by atoms with Crippen molar-refractivity contribution in [3.05, 3.63) is 23.8 Å². The largest absolute Gasteiger partial charge is 0.384 e. The Morgan fingerprint density at radius 2 is 1.89 bits per heavy atom. The molecule has 0 saturated carbocycles. The molecule has 0 aliphatic carbocycles. The van der Waals surface area contributed by atoms with Crippen molar-refractivity contribution in [1.82, 2.24) is 5.32 Å². The summed E-state index contributed by atoms with van der Waals surface area (Å²) in [5.74, 6) is -0.0433. The third-order valence-electron chi connectivity index (χ3n) is 2.65. The number of hydrogen-bond donors (Lipinski definition) is 3. The third-order valence-corrected chi connectivity index (χ3v) is 2.65. The molecule has 0 aliphatic rings. The summed E-state index contributed by atoms with van der Waals surface area (Å²) in [5, 5.41) is 9.60. The average molecular weight is 263 g/mol. The van der Waals surface area contributed by atoms with Crippen molar-refractivity contribution in [2.24, 2.45) is 0 Å². The molecule has 0 aromatic heterocycles. The van der Waals surface area contributed by atoms with Crippen LogP contribution in [0, 0.1) is 6.92 Å². The lowest BCUT2D eigenvalue weighted by Crippen LogP contribution is -2.38. The molecule has 1 amide bonds. The maximum absolute atomic E-state index is 11.0. The molecule has 0 aliphatic heterocycles. The summed E-state index contributed by atoms with van der Waals surface area (Å²) in [7, 11) is 0. The summed E-state index contributed by atoms with van der Waals surface area (Å²) in [6.45, 7) is 11.7. The average Bonchev–Trinajstić information content (AvgIpc) is 2.26. The van der Waals surface area contributed by atoms with E-state index in [2.05, 4.69) is 36.7 Å². The normalized spacial score (nSPS) is 11.2. The minimum atomic E-state index is -0.0433. The molecular weight excluding hydrogens is 238 g/mol. The topological polar surface area (TPSA) is 53.2 Å². The van der Waals surface area contributed by atoms with E-state index in [0.717, 1.165) is 30.0 Å². The molecule has 1 rings (SSSR count). The van der Waals surface area contributed by atoms with Crippen LogP contribution in [0.15, 0.2) is 18.2 Å². The molecule has 0 atom stereocenters. The van der Waals surface area contributed by atoms with E-state index >= 15 is 0 Å². The number of hydrogen-bond acceptors (Lipinski definition) is 3. The Bertz CT molecular complexity index is 436. The highest BCUT2D eigenvalue weighted by molar-refractivity contribution is 5.89. The highest BCUT2D eigenvalue weighted by Crippen LogP contribution is 2.19. The fourth-order valence-electron chi connectivity index (χ4n) is 1.75. The van der Waals surface area contributed by atoms with Crippen molar-refractivity contribution in [2.75, 3.05) is 23.7 Å². The molecule has 0 heterocycles. The van der Waals surface area contributed by atoms with Crippen LogP contribution in [-0.4, -0.2) is 24.5 Å². The zero-order chi connectivity index (χ0) is 14.5.